The van der Waals surface area contributed by atoms with Crippen molar-refractivity contribution in [1.82, 2.24) is 15.5 Å². The molecule has 6 nitrogen and oxygen atoms in total. The van der Waals surface area contributed by atoms with Crippen LogP contribution < -0.4 is 5.32 Å². The number of aliphatic carboxylic acids is 1. The number of hydrogen-bond acceptors (Lipinski definition) is 5. The molecule has 0 aliphatic carbocycles. The van der Waals surface area contributed by atoms with E-state index < -0.39 is 5.97 Å². The number of carbonyl (C=O) groups is 1. The molecule has 0 spiro atoms. The van der Waals surface area contributed by atoms with Gasteiger partial charge in [-0.1, -0.05) is 35.0 Å². The SMILES string of the molecule is Cc1ccc(-c2noc(CNCCC(=O)O)n2)cc1. The highest BCUT2D eigenvalue weighted by molar-refractivity contribution is 5.66. The molecule has 2 N–H and O–H groups in total. The van der Waals surface area contributed by atoms with Gasteiger partial charge in [-0.25, -0.2) is 0 Å². The zero-order valence-corrected chi connectivity index (χ0v) is 10.6. The Hall–Kier alpha value is -2.21. The second-order valence-corrected chi connectivity index (χ2v) is 4.20. The topological polar surface area (TPSA) is 88.2 Å². The molecule has 0 amide bonds. The van der Waals surface area contributed by atoms with Crippen molar-refractivity contribution in [3.05, 3.63) is 35.7 Å². The highest BCUT2D eigenvalue weighted by atomic mass is 16.5. The average Bonchev–Trinajstić information content (AvgIpc) is 2.84. The van der Waals surface area contributed by atoms with Crippen LogP contribution in [0.2, 0.25) is 0 Å². The summed E-state index contributed by atoms with van der Waals surface area (Å²) < 4.78 is 5.09. The molecule has 100 valence electrons. The molecule has 19 heavy (non-hydrogen) atoms. The van der Waals surface area contributed by atoms with Gasteiger partial charge in [0.2, 0.25) is 11.7 Å². The third-order valence-corrected chi connectivity index (χ3v) is 2.57. The van der Waals surface area contributed by atoms with Crippen LogP contribution in [-0.2, 0) is 11.3 Å². The number of carboxylic acids is 1. The molecule has 1 heterocycles. The van der Waals surface area contributed by atoms with Gasteiger partial charge in [0.25, 0.3) is 0 Å². The van der Waals surface area contributed by atoms with Gasteiger partial charge >= 0.3 is 5.97 Å². The van der Waals surface area contributed by atoms with Crippen molar-refractivity contribution >= 4 is 5.97 Å². The Bertz CT molecular complexity index is 549. The lowest BCUT2D eigenvalue weighted by Gasteiger charge is -1.97. The maximum atomic E-state index is 10.3. The number of carboxylic acid groups (broad SMARTS) is 1. The number of rotatable bonds is 6. The molecule has 0 radical (unpaired) electrons. The largest absolute Gasteiger partial charge is 0.481 e. The van der Waals surface area contributed by atoms with E-state index in [-0.39, 0.29) is 6.42 Å². The van der Waals surface area contributed by atoms with Crippen molar-refractivity contribution in [2.24, 2.45) is 0 Å². The standard InChI is InChI=1S/C13H15N3O3/c1-9-2-4-10(5-3-9)13-15-11(19-16-13)8-14-7-6-12(17)18/h2-5,14H,6-8H2,1H3,(H,17,18). The molecule has 0 atom stereocenters. The minimum atomic E-state index is -0.835. The number of aromatic nitrogens is 2. The van der Waals surface area contributed by atoms with Crippen molar-refractivity contribution in [3.63, 3.8) is 0 Å². The van der Waals surface area contributed by atoms with Crippen molar-refractivity contribution < 1.29 is 14.4 Å². The van der Waals surface area contributed by atoms with E-state index in [4.69, 9.17) is 9.63 Å². The van der Waals surface area contributed by atoms with Gasteiger partial charge in [-0.2, -0.15) is 4.98 Å². The molecule has 0 saturated carbocycles. The van der Waals surface area contributed by atoms with E-state index in [0.717, 1.165) is 5.56 Å². The fraction of sp³-hybridized carbons (Fsp3) is 0.308. The Balaban J connectivity index is 1.91. The monoisotopic (exact) mass is 261 g/mol. The summed E-state index contributed by atoms with van der Waals surface area (Å²) >= 11 is 0. The molecule has 2 rings (SSSR count). The molecule has 0 saturated heterocycles. The summed E-state index contributed by atoms with van der Waals surface area (Å²) in [7, 11) is 0. The van der Waals surface area contributed by atoms with Crippen LogP contribution in [0.3, 0.4) is 0 Å². The van der Waals surface area contributed by atoms with E-state index in [1.54, 1.807) is 0 Å². The summed E-state index contributed by atoms with van der Waals surface area (Å²) in [5.74, 6) is 0.148. The molecule has 2 aromatic rings. The summed E-state index contributed by atoms with van der Waals surface area (Å²) in [6.07, 6.45) is 0.0684. The van der Waals surface area contributed by atoms with E-state index in [1.165, 1.54) is 5.56 Å². The quantitative estimate of drug-likeness (QED) is 0.768. The molecule has 1 aromatic heterocycles. The van der Waals surface area contributed by atoms with Gasteiger partial charge in [-0.3, -0.25) is 4.79 Å². The van der Waals surface area contributed by atoms with Crippen LogP contribution in [0.25, 0.3) is 11.4 Å². The third-order valence-electron chi connectivity index (χ3n) is 2.57. The molecule has 0 bridgehead atoms. The Morgan fingerprint density at radius 2 is 2.11 bits per heavy atom. The maximum Gasteiger partial charge on any atom is 0.304 e. The van der Waals surface area contributed by atoms with E-state index in [1.807, 2.05) is 31.2 Å². The second-order valence-electron chi connectivity index (χ2n) is 4.20. The van der Waals surface area contributed by atoms with Crippen molar-refractivity contribution in [2.45, 2.75) is 19.9 Å². The molecular weight excluding hydrogens is 246 g/mol. The molecule has 0 aliphatic rings. The number of aryl methyl sites for hydroxylation is 1. The van der Waals surface area contributed by atoms with Gasteiger partial charge in [0.15, 0.2) is 0 Å². The van der Waals surface area contributed by atoms with Crippen LogP contribution >= 0.6 is 0 Å². The summed E-state index contributed by atoms with van der Waals surface area (Å²) in [5, 5.41) is 15.3. The first-order valence-corrected chi connectivity index (χ1v) is 5.97. The summed E-state index contributed by atoms with van der Waals surface area (Å²) in [4.78, 5) is 14.6. The highest BCUT2D eigenvalue weighted by Gasteiger charge is 2.08. The van der Waals surface area contributed by atoms with Crippen LogP contribution in [-0.4, -0.2) is 27.8 Å². The van der Waals surface area contributed by atoms with Crippen molar-refractivity contribution in [2.75, 3.05) is 6.54 Å². The van der Waals surface area contributed by atoms with Crippen LogP contribution in [0.5, 0.6) is 0 Å². The minimum absolute atomic E-state index is 0.0684. The van der Waals surface area contributed by atoms with Gasteiger partial charge in [-0.15, -0.1) is 0 Å². The number of benzene rings is 1. The second kappa shape index (κ2) is 6.10. The fourth-order valence-electron chi connectivity index (χ4n) is 1.54. The van der Waals surface area contributed by atoms with E-state index in [9.17, 15) is 4.79 Å². The molecular formula is C13H15N3O3. The van der Waals surface area contributed by atoms with Gasteiger partial charge in [0.05, 0.1) is 13.0 Å². The van der Waals surface area contributed by atoms with Gasteiger partial charge in [-0.05, 0) is 6.92 Å². The van der Waals surface area contributed by atoms with E-state index in [2.05, 4.69) is 15.5 Å². The zero-order valence-electron chi connectivity index (χ0n) is 10.6. The number of nitrogens with one attached hydrogen (secondary N) is 1. The molecule has 6 heteroatoms. The highest BCUT2D eigenvalue weighted by Crippen LogP contribution is 2.16. The minimum Gasteiger partial charge on any atom is -0.481 e. The molecule has 0 fully saturated rings. The summed E-state index contributed by atoms with van der Waals surface area (Å²) in [6.45, 7) is 2.75. The average molecular weight is 261 g/mol. The zero-order chi connectivity index (χ0) is 13.7. The first-order chi connectivity index (χ1) is 9.15. The van der Waals surface area contributed by atoms with Gasteiger partial charge in [0, 0.05) is 12.1 Å². The fourth-order valence-corrected chi connectivity index (χ4v) is 1.54. The number of hydrogen-bond donors (Lipinski definition) is 2. The lowest BCUT2D eigenvalue weighted by molar-refractivity contribution is -0.136. The number of nitrogens with zero attached hydrogens (tertiary/aromatic N) is 2. The van der Waals surface area contributed by atoms with Crippen LogP contribution in [0.4, 0.5) is 0 Å². The lowest BCUT2D eigenvalue weighted by atomic mass is 10.1. The summed E-state index contributed by atoms with van der Waals surface area (Å²) in [5.41, 5.74) is 2.06. The Labute approximate surface area is 110 Å². The molecule has 0 aliphatic heterocycles. The Kier molecular flexibility index (Phi) is 4.25. The predicted molar refractivity (Wildman–Crippen MR) is 68.4 cm³/mol. The first-order valence-electron chi connectivity index (χ1n) is 5.97. The normalized spacial score (nSPS) is 10.6. The molecule has 0 unspecified atom stereocenters. The van der Waals surface area contributed by atoms with Crippen molar-refractivity contribution in [1.29, 1.82) is 0 Å². The third kappa shape index (κ3) is 3.89. The predicted octanol–water partition coefficient (Wildman–Crippen LogP) is 1.61. The smallest absolute Gasteiger partial charge is 0.304 e. The summed E-state index contributed by atoms with van der Waals surface area (Å²) in [6, 6.07) is 7.83. The van der Waals surface area contributed by atoms with Crippen LogP contribution in [0.1, 0.15) is 17.9 Å². The van der Waals surface area contributed by atoms with E-state index >= 15 is 0 Å². The first kappa shape index (κ1) is 13.2. The van der Waals surface area contributed by atoms with Crippen molar-refractivity contribution in [3.8, 4) is 11.4 Å². The van der Waals surface area contributed by atoms with E-state index in [0.29, 0.717) is 24.8 Å². The Morgan fingerprint density at radius 3 is 2.79 bits per heavy atom. The van der Waals surface area contributed by atoms with Gasteiger partial charge < -0.3 is 14.9 Å². The Morgan fingerprint density at radius 1 is 1.37 bits per heavy atom. The van der Waals surface area contributed by atoms with Crippen LogP contribution in [0.15, 0.2) is 28.8 Å². The molecule has 1 aromatic carbocycles. The maximum absolute atomic E-state index is 10.3. The lowest BCUT2D eigenvalue weighted by Crippen LogP contribution is -2.17. The van der Waals surface area contributed by atoms with Crippen LogP contribution in [0, 0.1) is 6.92 Å². The van der Waals surface area contributed by atoms with Gasteiger partial charge in [0.1, 0.15) is 0 Å².